The number of carbonyl (C=O) groups is 3. The second-order valence-electron chi connectivity index (χ2n) is 9.40. The Hall–Kier alpha value is -5.01. The number of hydrogen-bond acceptors (Lipinski definition) is 7. The lowest BCUT2D eigenvalue weighted by Crippen LogP contribution is -2.45. The van der Waals surface area contributed by atoms with Crippen LogP contribution in [-0.2, 0) is 14.4 Å². The Labute approximate surface area is 228 Å². The summed E-state index contributed by atoms with van der Waals surface area (Å²) in [5.41, 5.74) is 0.479. The van der Waals surface area contributed by atoms with Crippen molar-refractivity contribution in [2.24, 2.45) is 15.4 Å². The van der Waals surface area contributed by atoms with E-state index in [9.17, 15) is 36.3 Å². The fraction of sp³-hybridized carbons (Fsp3) is 0.185. The monoisotopic (exact) mass is 568 g/mol. The van der Waals surface area contributed by atoms with Gasteiger partial charge in [0.15, 0.2) is 35.4 Å². The number of hydrazone groups is 1. The maximum atomic E-state index is 14.5. The van der Waals surface area contributed by atoms with Crippen molar-refractivity contribution >= 4 is 29.1 Å². The van der Waals surface area contributed by atoms with Gasteiger partial charge in [0.2, 0.25) is 5.82 Å². The number of fused-ring (bicyclic) bond motifs is 1. The fourth-order valence-corrected chi connectivity index (χ4v) is 5.06. The average Bonchev–Trinajstić information content (AvgIpc) is 3.68. The first-order valence-corrected chi connectivity index (χ1v) is 12.3. The Balaban J connectivity index is 1.29. The zero-order valence-electron chi connectivity index (χ0n) is 20.7. The molecule has 3 amide bonds. The van der Waals surface area contributed by atoms with Crippen molar-refractivity contribution in [1.82, 2.24) is 10.0 Å². The van der Waals surface area contributed by atoms with Crippen LogP contribution in [0.5, 0.6) is 0 Å². The maximum Gasteiger partial charge on any atom is 0.264 e. The average molecular weight is 568 g/mol. The van der Waals surface area contributed by atoms with Crippen molar-refractivity contribution in [1.29, 1.82) is 0 Å². The number of rotatable bonds is 5. The molecular weight excluding hydrogens is 551 g/mol. The van der Waals surface area contributed by atoms with Crippen LogP contribution in [0.15, 0.2) is 76.1 Å². The van der Waals surface area contributed by atoms with Gasteiger partial charge in [-0.15, -0.1) is 0 Å². The molecule has 3 aliphatic heterocycles. The zero-order valence-corrected chi connectivity index (χ0v) is 20.7. The highest BCUT2D eigenvalue weighted by Crippen LogP contribution is 2.38. The minimum Gasteiger partial charge on any atom is -0.271 e. The topological polar surface area (TPSA) is 98.0 Å². The minimum absolute atomic E-state index is 0.143. The predicted molar refractivity (Wildman–Crippen MR) is 131 cm³/mol. The summed E-state index contributed by atoms with van der Waals surface area (Å²) >= 11 is 0. The summed E-state index contributed by atoms with van der Waals surface area (Å²) in [6.07, 6.45) is 0.374. The molecule has 1 saturated heterocycles. The highest BCUT2D eigenvalue weighted by molar-refractivity contribution is 6.25. The van der Waals surface area contributed by atoms with E-state index < -0.39 is 77.2 Å². The third-order valence-electron chi connectivity index (χ3n) is 7.02. The van der Waals surface area contributed by atoms with Gasteiger partial charge in [0, 0.05) is 6.42 Å². The van der Waals surface area contributed by atoms with Crippen LogP contribution in [0.2, 0.25) is 0 Å². The lowest BCUT2D eigenvalue weighted by Gasteiger charge is -2.25. The van der Waals surface area contributed by atoms with Gasteiger partial charge in [0.1, 0.15) is 12.2 Å². The van der Waals surface area contributed by atoms with Crippen LogP contribution in [0, 0.1) is 29.1 Å². The Morgan fingerprint density at radius 1 is 0.805 bits per heavy atom. The number of amides is 3. The summed E-state index contributed by atoms with van der Waals surface area (Å²) < 4.78 is 70.1. The summed E-state index contributed by atoms with van der Waals surface area (Å²) in [5, 5.41) is 14.0. The molecule has 0 saturated carbocycles. The van der Waals surface area contributed by atoms with Crippen LogP contribution < -0.4 is 4.90 Å². The highest BCUT2D eigenvalue weighted by atomic mass is 19.2. The summed E-state index contributed by atoms with van der Waals surface area (Å²) in [4.78, 5) is 39.4. The maximum absolute atomic E-state index is 14.5. The molecule has 0 N–H and O–H groups in total. The number of halogens is 5. The normalized spacial score (nSPS) is 21.6. The van der Waals surface area contributed by atoms with Gasteiger partial charge in [-0.2, -0.15) is 10.2 Å². The zero-order chi connectivity index (χ0) is 29.0. The first-order valence-electron chi connectivity index (χ1n) is 12.3. The quantitative estimate of drug-likeness (QED) is 0.201. The molecule has 9 nitrogen and oxygen atoms in total. The van der Waals surface area contributed by atoms with Gasteiger partial charge in [-0.1, -0.05) is 65.9 Å². The second-order valence-corrected chi connectivity index (χ2v) is 9.40. The Morgan fingerprint density at radius 3 is 2.02 bits per heavy atom. The van der Waals surface area contributed by atoms with Crippen LogP contribution in [0.4, 0.5) is 27.6 Å². The predicted octanol–water partition coefficient (Wildman–Crippen LogP) is 4.05. The van der Waals surface area contributed by atoms with Gasteiger partial charge in [0.05, 0.1) is 11.8 Å². The number of hydrogen-bond donors (Lipinski definition) is 0. The van der Waals surface area contributed by atoms with E-state index in [1.165, 1.54) is 5.01 Å². The molecule has 0 spiro atoms. The van der Waals surface area contributed by atoms with E-state index in [2.05, 4.69) is 15.4 Å². The molecule has 0 unspecified atom stereocenters. The van der Waals surface area contributed by atoms with E-state index in [0.29, 0.717) is 12.1 Å². The highest BCUT2D eigenvalue weighted by Gasteiger charge is 2.57. The van der Waals surface area contributed by atoms with Crippen LogP contribution in [0.1, 0.15) is 23.6 Å². The van der Waals surface area contributed by atoms with Gasteiger partial charge >= 0.3 is 0 Å². The third-order valence-corrected chi connectivity index (χ3v) is 7.02. The van der Waals surface area contributed by atoms with Crippen molar-refractivity contribution in [3.8, 4) is 0 Å². The van der Waals surface area contributed by atoms with E-state index in [1.807, 2.05) is 48.5 Å². The van der Waals surface area contributed by atoms with E-state index in [4.69, 9.17) is 0 Å². The molecule has 3 heterocycles. The van der Waals surface area contributed by atoms with Crippen LogP contribution in [-0.4, -0.2) is 52.1 Å². The van der Waals surface area contributed by atoms with Gasteiger partial charge in [-0.25, -0.2) is 31.9 Å². The van der Waals surface area contributed by atoms with Crippen molar-refractivity contribution in [2.45, 2.75) is 24.5 Å². The Morgan fingerprint density at radius 2 is 1.39 bits per heavy atom. The molecule has 1 fully saturated rings. The molecule has 41 heavy (non-hydrogen) atoms. The van der Waals surface area contributed by atoms with Crippen molar-refractivity contribution in [3.05, 3.63) is 101 Å². The first-order chi connectivity index (χ1) is 19.7. The molecule has 3 aliphatic rings. The molecule has 0 radical (unpaired) electrons. The standard InChI is InChI=1S/C27H17F5N6O3/c28-18-19(29)21(31)24(22(32)20(18)30)37-26(40)23-25(27(37)41)36(35-33-23)12-17(39)38-16(14-9-5-2-6-10-14)11-15(34-38)13-7-3-1-4-8-13/h1-10,16,23,25H,11-12H2/t16-,23-,25+/m1/s1. The molecule has 14 heteroatoms. The number of benzene rings is 3. The van der Waals surface area contributed by atoms with Gasteiger partial charge < -0.3 is 0 Å². The number of anilines is 1. The third kappa shape index (κ3) is 4.13. The lowest BCUT2D eigenvalue weighted by molar-refractivity contribution is -0.135. The lowest BCUT2D eigenvalue weighted by atomic mass is 9.98. The molecule has 0 aliphatic carbocycles. The number of carbonyl (C=O) groups excluding carboxylic acids is 3. The van der Waals surface area contributed by atoms with E-state index in [-0.39, 0.29) is 4.90 Å². The number of imide groups is 1. The Kier molecular flexibility index (Phi) is 6.31. The van der Waals surface area contributed by atoms with E-state index >= 15 is 0 Å². The summed E-state index contributed by atoms with van der Waals surface area (Å²) in [6.45, 7) is -0.621. The summed E-state index contributed by atoms with van der Waals surface area (Å²) in [5.74, 6) is -15.1. The van der Waals surface area contributed by atoms with Gasteiger partial charge in [0.25, 0.3) is 17.7 Å². The van der Waals surface area contributed by atoms with Crippen molar-refractivity contribution in [3.63, 3.8) is 0 Å². The molecule has 0 bridgehead atoms. The molecule has 6 rings (SSSR count). The van der Waals surface area contributed by atoms with Gasteiger partial charge in [-0.3, -0.25) is 19.4 Å². The molecule has 0 aromatic heterocycles. The molecule has 3 atom stereocenters. The van der Waals surface area contributed by atoms with Crippen LogP contribution in [0.3, 0.4) is 0 Å². The van der Waals surface area contributed by atoms with Crippen molar-refractivity contribution in [2.75, 3.05) is 11.4 Å². The fourth-order valence-electron chi connectivity index (χ4n) is 5.06. The largest absolute Gasteiger partial charge is 0.271 e. The first kappa shape index (κ1) is 26.2. The van der Waals surface area contributed by atoms with Crippen LogP contribution >= 0.6 is 0 Å². The molecule has 208 valence electrons. The molecule has 3 aromatic carbocycles. The summed E-state index contributed by atoms with van der Waals surface area (Å²) in [7, 11) is 0. The van der Waals surface area contributed by atoms with E-state index in [0.717, 1.165) is 16.1 Å². The minimum atomic E-state index is -2.44. The smallest absolute Gasteiger partial charge is 0.264 e. The second kappa shape index (κ2) is 9.87. The Bertz CT molecular complexity index is 1620. The van der Waals surface area contributed by atoms with Crippen LogP contribution in [0.25, 0.3) is 0 Å². The number of nitrogens with zero attached hydrogens (tertiary/aromatic N) is 6. The molecular formula is C27H17F5N6O3. The molecule has 3 aromatic rings. The van der Waals surface area contributed by atoms with E-state index in [1.54, 1.807) is 12.1 Å². The summed E-state index contributed by atoms with van der Waals surface area (Å²) in [6, 6.07) is 14.4. The van der Waals surface area contributed by atoms with Crippen molar-refractivity contribution < 1.29 is 36.3 Å². The SMILES string of the molecule is O=C1[C@@H]2[C@@H](N=NN2CC(=O)N2N=C(c3ccccc3)C[C@@H]2c2ccccc2)C(=O)N1c1c(F)c(F)c(F)c(F)c1F. The van der Waals surface area contributed by atoms with Gasteiger partial charge in [-0.05, 0) is 11.1 Å².